The van der Waals surface area contributed by atoms with Gasteiger partial charge in [-0.3, -0.25) is 4.79 Å². The first kappa shape index (κ1) is 12.0. The SMILES string of the molecule is O=C1Nc2ccccc2S/C1=C\c1ccccc1F. The first-order valence-electron chi connectivity index (χ1n) is 5.78. The minimum absolute atomic E-state index is 0.202. The van der Waals surface area contributed by atoms with Crippen LogP contribution < -0.4 is 5.32 Å². The van der Waals surface area contributed by atoms with E-state index in [-0.39, 0.29) is 11.7 Å². The highest BCUT2D eigenvalue weighted by Crippen LogP contribution is 2.38. The minimum atomic E-state index is -0.331. The van der Waals surface area contributed by atoms with Gasteiger partial charge in [-0.25, -0.2) is 4.39 Å². The van der Waals surface area contributed by atoms with Crippen LogP contribution in [0.3, 0.4) is 0 Å². The van der Waals surface area contributed by atoms with Gasteiger partial charge in [0.15, 0.2) is 0 Å². The molecule has 1 N–H and O–H groups in total. The standard InChI is InChI=1S/C15H10FNOS/c16-11-6-2-1-5-10(11)9-14-15(18)17-12-7-3-4-8-13(12)19-14/h1-9H,(H,17,18)/b14-9-. The van der Waals surface area contributed by atoms with E-state index in [0.29, 0.717) is 10.5 Å². The first-order chi connectivity index (χ1) is 9.24. The van der Waals surface area contributed by atoms with E-state index < -0.39 is 0 Å². The minimum Gasteiger partial charge on any atom is -0.320 e. The smallest absolute Gasteiger partial charge is 0.262 e. The van der Waals surface area contributed by atoms with Gasteiger partial charge in [-0.1, -0.05) is 42.1 Å². The van der Waals surface area contributed by atoms with Crippen molar-refractivity contribution in [2.75, 3.05) is 5.32 Å². The van der Waals surface area contributed by atoms with Crippen LogP contribution in [0.2, 0.25) is 0 Å². The fourth-order valence-corrected chi connectivity index (χ4v) is 2.78. The van der Waals surface area contributed by atoms with Crippen LogP contribution >= 0.6 is 11.8 Å². The number of hydrogen-bond acceptors (Lipinski definition) is 2. The lowest BCUT2D eigenvalue weighted by atomic mass is 10.2. The van der Waals surface area contributed by atoms with Gasteiger partial charge < -0.3 is 5.32 Å². The van der Waals surface area contributed by atoms with Crippen LogP contribution in [0.5, 0.6) is 0 Å². The topological polar surface area (TPSA) is 29.1 Å². The molecular formula is C15H10FNOS. The highest BCUT2D eigenvalue weighted by Gasteiger charge is 2.20. The molecule has 0 atom stereocenters. The molecule has 2 aromatic rings. The number of hydrogen-bond donors (Lipinski definition) is 1. The molecule has 0 saturated heterocycles. The van der Waals surface area contributed by atoms with E-state index >= 15 is 0 Å². The van der Waals surface area contributed by atoms with Crippen molar-refractivity contribution < 1.29 is 9.18 Å². The summed E-state index contributed by atoms with van der Waals surface area (Å²) < 4.78 is 13.6. The molecular weight excluding hydrogens is 261 g/mol. The van der Waals surface area contributed by atoms with Crippen LogP contribution in [0.15, 0.2) is 58.3 Å². The maximum absolute atomic E-state index is 13.6. The number of nitrogens with one attached hydrogen (secondary N) is 1. The van der Waals surface area contributed by atoms with Crippen molar-refractivity contribution in [2.24, 2.45) is 0 Å². The fourth-order valence-electron chi connectivity index (χ4n) is 1.84. The normalized spacial score (nSPS) is 16.1. The van der Waals surface area contributed by atoms with E-state index in [0.717, 1.165) is 10.6 Å². The van der Waals surface area contributed by atoms with Crippen molar-refractivity contribution in [2.45, 2.75) is 4.90 Å². The Balaban J connectivity index is 1.99. The summed E-state index contributed by atoms with van der Waals surface area (Å²) in [5, 5.41) is 2.80. The molecule has 2 aromatic carbocycles. The lowest BCUT2D eigenvalue weighted by Gasteiger charge is -2.18. The molecule has 94 valence electrons. The predicted octanol–water partition coefficient (Wildman–Crippen LogP) is 3.91. The maximum atomic E-state index is 13.6. The second-order valence-electron chi connectivity index (χ2n) is 4.08. The fraction of sp³-hybridized carbons (Fsp3) is 0. The lowest BCUT2D eigenvalue weighted by Crippen LogP contribution is -2.17. The number of thioether (sulfide) groups is 1. The van der Waals surface area contributed by atoms with Crippen molar-refractivity contribution in [3.63, 3.8) is 0 Å². The zero-order valence-electron chi connectivity index (χ0n) is 9.89. The van der Waals surface area contributed by atoms with Gasteiger partial charge in [0.25, 0.3) is 5.91 Å². The van der Waals surface area contributed by atoms with Crippen molar-refractivity contribution >= 4 is 29.4 Å². The molecule has 0 bridgehead atoms. The second kappa shape index (κ2) is 4.90. The van der Waals surface area contributed by atoms with Crippen LogP contribution in [-0.4, -0.2) is 5.91 Å². The molecule has 3 rings (SSSR count). The molecule has 0 saturated carbocycles. The molecule has 1 amide bonds. The van der Waals surface area contributed by atoms with Gasteiger partial charge in [0.1, 0.15) is 5.82 Å². The number of fused-ring (bicyclic) bond motifs is 1. The highest BCUT2D eigenvalue weighted by molar-refractivity contribution is 8.04. The molecule has 4 heteroatoms. The third kappa shape index (κ3) is 2.39. The Hall–Kier alpha value is -2.07. The Kier molecular flexibility index (Phi) is 3.09. The number of halogens is 1. The van der Waals surface area contributed by atoms with E-state index in [1.807, 2.05) is 24.3 Å². The number of anilines is 1. The summed E-state index contributed by atoms with van der Waals surface area (Å²) in [5.74, 6) is -0.533. The van der Waals surface area contributed by atoms with Gasteiger partial charge >= 0.3 is 0 Å². The number of carbonyl (C=O) groups excluding carboxylic acids is 1. The highest BCUT2D eigenvalue weighted by atomic mass is 32.2. The van der Waals surface area contributed by atoms with Gasteiger partial charge in [0.05, 0.1) is 10.6 Å². The summed E-state index contributed by atoms with van der Waals surface area (Å²) >= 11 is 1.35. The summed E-state index contributed by atoms with van der Waals surface area (Å²) in [7, 11) is 0. The van der Waals surface area contributed by atoms with E-state index in [2.05, 4.69) is 5.32 Å². The number of benzene rings is 2. The summed E-state index contributed by atoms with van der Waals surface area (Å²) in [6, 6.07) is 13.9. The second-order valence-corrected chi connectivity index (χ2v) is 5.17. The molecule has 0 radical (unpaired) electrons. The molecule has 0 unspecified atom stereocenters. The van der Waals surface area contributed by atoms with Gasteiger partial charge in [-0.2, -0.15) is 0 Å². The Labute approximate surface area is 114 Å². The Morgan fingerprint density at radius 1 is 1.05 bits per heavy atom. The Bertz CT molecular complexity index is 681. The number of carbonyl (C=O) groups is 1. The van der Waals surface area contributed by atoms with Crippen LogP contribution in [0.25, 0.3) is 6.08 Å². The Morgan fingerprint density at radius 2 is 1.79 bits per heavy atom. The van der Waals surface area contributed by atoms with Crippen molar-refractivity contribution in [1.82, 2.24) is 0 Å². The predicted molar refractivity (Wildman–Crippen MR) is 75.3 cm³/mol. The number of rotatable bonds is 1. The summed E-state index contributed by atoms with van der Waals surface area (Å²) in [6.45, 7) is 0. The molecule has 1 aliphatic heterocycles. The van der Waals surface area contributed by atoms with Crippen LogP contribution in [0.1, 0.15) is 5.56 Å². The van der Waals surface area contributed by atoms with Crippen LogP contribution in [0.4, 0.5) is 10.1 Å². The molecule has 0 aromatic heterocycles. The first-order valence-corrected chi connectivity index (χ1v) is 6.60. The van der Waals surface area contributed by atoms with Gasteiger partial charge in [0, 0.05) is 10.5 Å². The average Bonchev–Trinajstić information content (AvgIpc) is 2.42. The van der Waals surface area contributed by atoms with Crippen molar-refractivity contribution in [1.29, 1.82) is 0 Å². The van der Waals surface area contributed by atoms with E-state index in [4.69, 9.17) is 0 Å². The van der Waals surface area contributed by atoms with Gasteiger partial charge in [-0.15, -0.1) is 0 Å². The molecule has 1 heterocycles. The van der Waals surface area contributed by atoms with E-state index in [1.54, 1.807) is 24.3 Å². The van der Waals surface area contributed by atoms with Crippen LogP contribution in [0, 0.1) is 5.82 Å². The quantitative estimate of drug-likeness (QED) is 0.797. The summed E-state index contributed by atoms with van der Waals surface area (Å²) in [4.78, 5) is 13.4. The number of para-hydroxylation sites is 1. The molecule has 1 aliphatic rings. The zero-order chi connectivity index (χ0) is 13.2. The molecule has 19 heavy (non-hydrogen) atoms. The molecule has 0 spiro atoms. The summed E-state index contributed by atoms with van der Waals surface area (Å²) in [6.07, 6.45) is 1.57. The molecule has 2 nitrogen and oxygen atoms in total. The molecule has 0 aliphatic carbocycles. The number of amides is 1. The largest absolute Gasteiger partial charge is 0.320 e. The lowest BCUT2D eigenvalue weighted by molar-refractivity contribution is -0.112. The summed E-state index contributed by atoms with van der Waals surface area (Å²) in [5.41, 5.74) is 1.21. The van der Waals surface area contributed by atoms with Crippen LogP contribution in [-0.2, 0) is 4.79 Å². The average molecular weight is 271 g/mol. The van der Waals surface area contributed by atoms with Crippen molar-refractivity contribution in [3.8, 4) is 0 Å². The van der Waals surface area contributed by atoms with Gasteiger partial charge in [-0.05, 0) is 24.3 Å². The van der Waals surface area contributed by atoms with E-state index in [9.17, 15) is 9.18 Å². The van der Waals surface area contributed by atoms with E-state index in [1.165, 1.54) is 17.8 Å². The third-order valence-corrected chi connectivity index (χ3v) is 3.87. The van der Waals surface area contributed by atoms with Gasteiger partial charge in [0.2, 0.25) is 0 Å². The zero-order valence-corrected chi connectivity index (χ0v) is 10.7. The monoisotopic (exact) mass is 271 g/mol. The van der Waals surface area contributed by atoms with Crippen molar-refractivity contribution in [3.05, 3.63) is 64.8 Å². The third-order valence-electron chi connectivity index (χ3n) is 2.77. The Morgan fingerprint density at radius 3 is 2.63 bits per heavy atom. The molecule has 0 fully saturated rings. The maximum Gasteiger partial charge on any atom is 0.262 e.